The van der Waals surface area contributed by atoms with Crippen LogP contribution in [-0.4, -0.2) is 17.6 Å². The maximum atomic E-state index is 4.86. The van der Waals surface area contributed by atoms with Gasteiger partial charge in [-0.05, 0) is 49.3 Å². The van der Waals surface area contributed by atoms with Crippen molar-refractivity contribution in [2.45, 2.75) is 38.6 Å². The van der Waals surface area contributed by atoms with E-state index in [0.29, 0.717) is 6.04 Å². The van der Waals surface area contributed by atoms with Crippen LogP contribution in [0.4, 0.5) is 0 Å². The first-order chi connectivity index (χ1) is 10.4. The van der Waals surface area contributed by atoms with Gasteiger partial charge in [-0.25, -0.2) is 0 Å². The highest BCUT2D eigenvalue weighted by Crippen LogP contribution is 2.59. The lowest BCUT2D eigenvalue weighted by Gasteiger charge is -2.19. The molecule has 0 amide bonds. The van der Waals surface area contributed by atoms with Crippen LogP contribution in [0.2, 0.25) is 0 Å². The molecule has 3 unspecified atom stereocenters. The molecule has 2 nitrogen and oxygen atoms in total. The lowest BCUT2D eigenvalue weighted by Crippen LogP contribution is -2.34. The average molecular weight is 280 g/mol. The third-order valence-electron chi connectivity index (χ3n) is 5.49. The van der Waals surface area contributed by atoms with Crippen molar-refractivity contribution in [3.63, 3.8) is 0 Å². The van der Waals surface area contributed by atoms with E-state index in [0.717, 1.165) is 36.2 Å². The Bertz CT molecular complexity index is 626. The van der Waals surface area contributed by atoms with Gasteiger partial charge in [0.25, 0.3) is 0 Å². The minimum absolute atomic E-state index is 0.624. The highest BCUT2D eigenvalue weighted by Gasteiger charge is 2.55. The van der Waals surface area contributed by atoms with Gasteiger partial charge in [-0.1, -0.05) is 37.6 Å². The van der Waals surface area contributed by atoms with E-state index >= 15 is 0 Å². The van der Waals surface area contributed by atoms with Crippen LogP contribution in [0.1, 0.15) is 31.9 Å². The zero-order valence-corrected chi connectivity index (χ0v) is 12.8. The normalized spacial score (nSPS) is 28.5. The lowest BCUT2D eigenvalue weighted by atomic mass is 9.99. The molecular formula is C19H24N2. The summed E-state index contributed by atoms with van der Waals surface area (Å²) in [5, 5.41) is 4.97. The van der Waals surface area contributed by atoms with Crippen LogP contribution >= 0.6 is 0 Å². The fraction of sp³-hybridized carbons (Fsp3) is 0.526. The van der Waals surface area contributed by atoms with E-state index in [1.807, 2.05) is 0 Å². The largest absolute Gasteiger partial charge is 0.314 e. The maximum Gasteiger partial charge on any atom is 0.0705 e. The van der Waals surface area contributed by atoms with Gasteiger partial charge in [-0.2, -0.15) is 0 Å². The van der Waals surface area contributed by atoms with Gasteiger partial charge in [-0.3, -0.25) is 4.98 Å². The Morgan fingerprint density at radius 3 is 2.76 bits per heavy atom. The average Bonchev–Trinajstić information content (AvgIpc) is 2.98. The molecule has 0 aliphatic heterocycles. The van der Waals surface area contributed by atoms with Gasteiger partial charge < -0.3 is 5.32 Å². The summed E-state index contributed by atoms with van der Waals surface area (Å²) in [6.07, 6.45) is 5.46. The fourth-order valence-corrected chi connectivity index (χ4v) is 4.53. The molecule has 1 aromatic heterocycles. The zero-order valence-electron chi connectivity index (χ0n) is 12.8. The molecule has 2 aliphatic carbocycles. The van der Waals surface area contributed by atoms with Gasteiger partial charge >= 0.3 is 0 Å². The summed E-state index contributed by atoms with van der Waals surface area (Å²) in [6.45, 7) is 3.28. The van der Waals surface area contributed by atoms with E-state index in [4.69, 9.17) is 4.98 Å². The molecule has 1 N–H and O–H groups in total. The predicted molar refractivity (Wildman–Crippen MR) is 87.2 cm³/mol. The highest BCUT2D eigenvalue weighted by atomic mass is 14.9. The zero-order chi connectivity index (χ0) is 14.2. The highest BCUT2D eigenvalue weighted by molar-refractivity contribution is 5.78. The monoisotopic (exact) mass is 280 g/mol. The number of nitrogens with one attached hydrogen (secondary N) is 1. The molecule has 110 valence electrons. The second-order valence-electron chi connectivity index (χ2n) is 6.70. The third-order valence-corrected chi connectivity index (χ3v) is 5.49. The molecule has 2 aromatic rings. The SMILES string of the molecule is CCNC(Cc1ccc2ccccc2n1)C1C2CCCC21. The molecule has 2 heteroatoms. The van der Waals surface area contributed by atoms with Crippen LogP contribution in [0.25, 0.3) is 10.9 Å². The first-order valence-corrected chi connectivity index (χ1v) is 8.45. The Labute approximate surface area is 127 Å². The van der Waals surface area contributed by atoms with Gasteiger partial charge in [0.15, 0.2) is 0 Å². The fourth-order valence-electron chi connectivity index (χ4n) is 4.53. The van der Waals surface area contributed by atoms with E-state index in [-0.39, 0.29) is 0 Å². The summed E-state index contributed by atoms with van der Waals surface area (Å²) in [7, 11) is 0. The van der Waals surface area contributed by atoms with Crippen molar-refractivity contribution in [1.82, 2.24) is 10.3 Å². The lowest BCUT2D eigenvalue weighted by molar-refractivity contribution is 0.408. The van der Waals surface area contributed by atoms with E-state index in [1.54, 1.807) is 0 Å². The molecular weight excluding hydrogens is 256 g/mol. The Balaban J connectivity index is 1.53. The second kappa shape index (κ2) is 5.42. The number of rotatable bonds is 5. The number of likely N-dealkylation sites (N-methyl/N-ethyl adjacent to an activating group) is 1. The second-order valence-corrected chi connectivity index (χ2v) is 6.70. The molecule has 0 saturated heterocycles. The van der Waals surface area contributed by atoms with Gasteiger partial charge in [0.1, 0.15) is 0 Å². The van der Waals surface area contributed by atoms with Crippen LogP contribution in [0, 0.1) is 17.8 Å². The Hall–Kier alpha value is -1.41. The predicted octanol–water partition coefficient (Wildman–Crippen LogP) is 3.80. The number of fused-ring (bicyclic) bond motifs is 2. The Kier molecular flexibility index (Phi) is 3.42. The molecule has 4 rings (SSSR count). The van der Waals surface area contributed by atoms with E-state index in [1.165, 1.54) is 30.3 Å². The van der Waals surface area contributed by atoms with Crippen molar-refractivity contribution < 1.29 is 0 Å². The van der Waals surface area contributed by atoms with Gasteiger partial charge in [0.05, 0.1) is 5.52 Å². The van der Waals surface area contributed by atoms with Crippen LogP contribution in [0.3, 0.4) is 0 Å². The van der Waals surface area contributed by atoms with Crippen molar-refractivity contribution >= 4 is 10.9 Å². The number of hydrogen-bond donors (Lipinski definition) is 1. The summed E-state index contributed by atoms with van der Waals surface area (Å²) >= 11 is 0. The standard InChI is InChI=1S/C19H24N2/c1-2-20-18(19-15-7-5-8-16(15)19)12-14-11-10-13-6-3-4-9-17(13)21-14/h3-4,6,9-11,15-16,18-20H,2,5,7-8,12H2,1H3. The number of nitrogens with zero attached hydrogens (tertiary/aromatic N) is 1. The van der Waals surface area contributed by atoms with Crippen molar-refractivity contribution in [3.8, 4) is 0 Å². The minimum Gasteiger partial charge on any atom is -0.314 e. The van der Waals surface area contributed by atoms with Crippen molar-refractivity contribution in [2.75, 3.05) is 6.54 Å². The summed E-state index contributed by atoms with van der Waals surface area (Å²) in [4.78, 5) is 4.86. The van der Waals surface area contributed by atoms with Gasteiger partial charge in [-0.15, -0.1) is 0 Å². The topological polar surface area (TPSA) is 24.9 Å². The smallest absolute Gasteiger partial charge is 0.0705 e. The third kappa shape index (κ3) is 2.46. The van der Waals surface area contributed by atoms with Crippen LogP contribution in [-0.2, 0) is 6.42 Å². The number of aromatic nitrogens is 1. The quantitative estimate of drug-likeness (QED) is 0.901. The molecule has 0 bridgehead atoms. The van der Waals surface area contributed by atoms with E-state index in [2.05, 4.69) is 48.6 Å². The van der Waals surface area contributed by atoms with E-state index < -0.39 is 0 Å². The molecule has 3 atom stereocenters. The summed E-state index contributed by atoms with van der Waals surface area (Å²) in [5.74, 6) is 2.93. The maximum absolute atomic E-state index is 4.86. The Morgan fingerprint density at radius 2 is 1.95 bits per heavy atom. The molecule has 0 radical (unpaired) electrons. The molecule has 1 heterocycles. The summed E-state index contributed by atoms with van der Waals surface area (Å²) in [5.41, 5.74) is 2.37. The first-order valence-electron chi connectivity index (χ1n) is 8.45. The van der Waals surface area contributed by atoms with Crippen molar-refractivity contribution in [1.29, 1.82) is 0 Å². The number of hydrogen-bond acceptors (Lipinski definition) is 2. The molecule has 1 aromatic carbocycles. The molecule has 0 spiro atoms. The minimum atomic E-state index is 0.624. The van der Waals surface area contributed by atoms with Crippen molar-refractivity contribution in [2.24, 2.45) is 17.8 Å². The number of pyridine rings is 1. The molecule has 21 heavy (non-hydrogen) atoms. The van der Waals surface area contributed by atoms with Crippen LogP contribution in [0.5, 0.6) is 0 Å². The molecule has 2 aliphatic rings. The molecule has 2 fully saturated rings. The first kappa shape index (κ1) is 13.3. The number of benzene rings is 1. The van der Waals surface area contributed by atoms with Gasteiger partial charge in [0.2, 0.25) is 0 Å². The Morgan fingerprint density at radius 1 is 1.14 bits per heavy atom. The summed E-state index contributed by atoms with van der Waals surface area (Å²) < 4.78 is 0. The van der Waals surface area contributed by atoms with Crippen molar-refractivity contribution in [3.05, 3.63) is 42.1 Å². The molecule has 2 saturated carbocycles. The van der Waals surface area contributed by atoms with Gasteiger partial charge in [0, 0.05) is 23.5 Å². The van der Waals surface area contributed by atoms with Crippen LogP contribution in [0.15, 0.2) is 36.4 Å². The van der Waals surface area contributed by atoms with E-state index in [9.17, 15) is 0 Å². The summed E-state index contributed by atoms with van der Waals surface area (Å²) in [6, 6.07) is 13.5. The number of para-hydroxylation sites is 1. The van der Waals surface area contributed by atoms with Crippen LogP contribution < -0.4 is 5.32 Å².